The summed E-state index contributed by atoms with van der Waals surface area (Å²) in [5.41, 5.74) is 5.27. The van der Waals surface area contributed by atoms with Gasteiger partial charge in [0.1, 0.15) is 18.6 Å². The number of nitrogens with one attached hydrogen (secondary N) is 4. The molecule has 0 radical (unpaired) electrons. The molecule has 0 rings (SSSR count). The summed E-state index contributed by atoms with van der Waals surface area (Å²) in [6.45, 7) is -0.684. The Bertz CT molecular complexity index is 496. The van der Waals surface area contributed by atoms with Crippen molar-refractivity contribution in [1.29, 1.82) is 0 Å². The van der Waals surface area contributed by atoms with Gasteiger partial charge in [0.05, 0.1) is 19.7 Å². The Morgan fingerprint density at radius 1 is 0.917 bits per heavy atom. The van der Waals surface area contributed by atoms with Crippen LogP contribution in [0.1, 0.15) is 6.92 Å². The van der Waals surface area contributed by atoms with Crippen LogP contribution in [0, 0.1) is 0 Å². The quantitative estimate of drug-likeness (QED) is 0.204. The maximum Gasteiger partial charge on any atom is 0.322 e. The van der Waals surface area contributed by atoms with Gasteiger partial charge in [-0.05, 0) is 6.92 Å². The third-order valence-electron chi connectivity index (χ3n) is 2.59. The number of hydrogen-bond acceptors (Lipinski definition) is 7. The molecule has 4 amide bonds. The van der Waals surface area contributed by atoms with E-state index in [1.807, 2.05) is 5.32 Å². The van der Waals surface area contributed by atoms with Crippen LogP contribution in [0.5, 0.6) is 0 Å². The van der Waals surface area contributed by atoms with Gasteiger partial charge in [-0.2, -0.15) is 0 Å². The van der Waals surface area contributed by atoms with Crippen LogP contribution in [0.2, 0.25) is 0 Å². The Morgan fingerprint density at radius 3 is 1.92 bits per heavy atom. The van der Waals surface area contributed by atoms with E-state index in [-0.39, 0.29) is 0 Å². The van der Waals surface area contributed by atoms with Gasteiger partial charge >= 0.3 is 5.97 Å². The van der Waals surface area contributed by atoms with E-state index in [1.165, 1.54) is 6.92 Å². The lowest BCUT2D eigenvalue weighted by Gasteiger charge is -2.16. The fourth-order valence-corrected chi connectivity index (χ4v) is 1.27. The van der Waals surface area contributed by atoms with Gasteiger partial charge in [0, 0.05) is 0 Å². The third kappa shape index (κ3) is 9.32. The molecule has 0 bridgehead atoms. The van der Waals surface area contributed by atoms with Crippen molar-refractivity contribution in [1.82, 2.24) is 21.3 Å². The van der Waals surface area contributed by atoms with Crippen LogP contribution in [-0.4, -0.2) is 78.1 Å². The van der Waals surface area contributed by atoms with Crippen molar-refractivity contribution in [3.8, 4) is 0 Å². The Balaban J connectivity index is 4.04. The Labute approximate surface area is 137 Å². The van der Waals surface area contributed by atoms with E-state index in [0.29, 0.717) is 0 Å². The Morgan fingerprint density at radius 2 is 1.42 bits per heavy atom. The summed E-state index contributed by atoms with van der Waals surface area (Å²) in [5, 5.41) is 25.7. The van der Waals surface area contributed by atoms with Gasteiger partial charge in [-0.25, -0.2) is 0 Å². The van der Waals surface area contributed by atoms with Crippen LogP contribution >= 0.6 is 0 Å². The largest absolute Gasteiger partial charge is 0.480 e. The minimum atomic E-state index is -1.22. The first-order valence-corrected chi connectivity index (χ1v) is 6.87. The van der Waals surface area contributed by atoms with Crippen LogP contribution in [0.4, 0.5) is 0 Å². The molecular formula is C12H21N5O7. The number of aliphatic carboxylic acids is 1. The van der Waals surface area contributed by atoms with E-state index in [9.17, 15) is 24.0 Å². The Hall–Kier alpha value is -2.73. The van der Waals surface area contributed by atoms with E-state index in [4.69, 9.17) is 15.9 Å². The lowest BCUT2D eigenvalue weighted by molar-refractivity contribution is -0.137. The number of hydrogen-bond donors (Lipinski definition) is 7. The molecule has 0 unspecified atom stereocenters. The average Bonchev–Trinajstić information content (AvgIpc) is 2.54. The molecule has 12 heteroatoms. The first-order chi connectivity index (χ1) is 11.2. The SMILES string of the molecule is C[C@H](NC(=O)[C@@H](N)CO)C(=O)NCC(=O)NCC(=O)NCC(=O)O. The number of rotatable bonds is 10. The number of nitrogens with two attached hydrogens (primary N) is 1. The van der Waals surface area contributed by atoms with Crippen LogP contribution in [0.3, 0.4) is 0 Å². The molecule has 2 atom stereocenters. The molecule has 12 nitrogen and oxygen atoms in total. The molecule has 0 spiro atoms. The van der Waals surface area contributed by atoms with Gasteiger partial charge in [-0.3, -0.25) is 24.0 Å². The van der Waals surface area contributed by atoms with Crippen LogP contribution < -0.4 is 27.0 Å². The van der Waals surface area contributed by atoms with Crippen LogP contribution in [0.15, 0.2) is 0 Å². The van der Waals surface area contributed by atoms with Crippen LogP contribution in [-0.2, 0) is 24.0 Å². The lowest BCUT2D eigenvalue weighted by Crippen LogP contribution is -2.52. The fourth-order valence-electron chi connectivity index (χ4n) is 1.27. The second kappa shape index (κ2) is 10.9. The molecule has 0 aliphatic carbocycles. The summed E-state index contributed by atoms with van der Waals surface area (Å²) in [6.07, 6.45) is 0. The smallest absolute Gasteiger partial charge is 0.322 e. The highest BCUT2D eigenvalue weighted by Gasteiger charge is 2.19. The molecule has 0 aliphatic rings. The van der Waals surface area contributed by atoms with E-state index in [2.05, 4.69) is 16.0 Å². The van der Waals surface area contributed by atoms with Crippen molar-refractivity contribution in [2.75, 3.05) is 26.2 Å². The van der Waals surface area contributed by atoms with Crippen molar-refractivity contribution in [3.05, 3.63) is 0 Å². The number of amides is 4. The second-order valence-corrected chi connectivity index (χ2v) is 4.68. The number of aliphatic hydroxyl groups is 1. The van der Waals surface area contributed by atoms with E-state index >= 15 is 0 Å². The molecule has 0 aromatic heterocycles. The molecule has 8 N–H and O–H groups in total. The lowest BCUT2D eigenvalue weighted by atomic mass is 10.2. The number of aliphatic hydroxyl groups excluding tert-OH is 1. The molecule has 0 aromatic rings. The van der Waals surface area contributed by atoms with Gasteiger partial charge in [-0.1, -0.05) is 0 Å². The number of carbonyl (C=O) groups is 5. The normalized spacial score (nSPS) is 12.5. The van der Waals surface area contributed by atoms with Crippen molar-refractivity contribution in [3.63, 3.8) is 0 Å². The highest BCUT2D eigenvalue weighted by atomic mass is 16.4. The standard InChI is InChI=1S/C12H21N5O7/c1-6(17-12(24)7(13)5-18)11(23)16-3-9(20)14-2-8(19)15-4-10(21)22/h6-7,18H,2-5,13H2,1H3,(H,14,20)(H,15,19)(H,16,23)(H,17,24)(H,21,22)/t6-,7-/m0/s1. The summed E-state index contributed by atoms with van der Waals surface area (Å²) < 4.78 is 0. The molecule has 0 aromatic carbocycles. The predicted molar refractivity (Wildman–Crippen MR) is 79.3 cm³/mol. The topological polar surface area (TPSA) is 200 Å². The van der Waals surface area contributed by atoms with Crippen LogP contribution in [0.25, 0.3) is 0 Å². The minimum absolute atomic E-state index is 0.445. The number of carbonyl (C=O) groups excluding carboxylic acids is 4. The maximum absolute atomic E-state index is 11.7. The molecule has 24 heavy (non-hydrogen) atoms. The third-order valence-corrected chi connectivity index (χ3v) is 2.59. The summed E-state index contributed by atoms with van der Waals surface area (Å²) in [6, 6.07) is -2.14. The molecule has 0 heterocycles. The van der Waals surface area contributed by atoms with Crippen molar-refractivity contribution in [2.24, 2.45) is 5.73 Å². The number of carboxylic acids is 1. The maximum atomic E-state index is 11.7. The molecule has 136 valence electrons. The van der Waals surface area contributed by atoms with E-state index < -0.39 is 67.9 Å². The Kier molecular flexibility index (Phi) is 9.67. The molecular weight excluding hydrogens is 326 g/mol. The van der Waals surface area contributed by atoms with Crippen molar-refractivity contribution < 1.29 is 34.2 Å². The highest BCUT2D eigenvalue weighted by Crippen LogP contribution is 1.85. The van der Waals surface area contributed by atoms with Gasteiger partial charge in [-0.15, -0.1) is 0 Å². The average molecular weight is 347 g/mol. The van der Waals surface area contributed by atoms with E-state index in [1.54, 1.807) is 0 Å². The molecule has 0 saturated heterocycles. The summed E-state index contributed by atoms with van der Waals surface area (Å²) in [5.74, 6) is -3.99. The van der Waals surface area contributed by atoms with Gasteiger partial charge in [0.2, 0.25) is 23.6 Å². The summed E-state index contributed by atoms with van der Waals surface area (Å²) in [4.78, 5) is 55.8. The minimum Gasteiger partial charge on any atom is -0.480 e. The van der Waals surface area contributed by atoms with E-state index in [0.717, 1.165) is 0 Å². The predicted octanol–water partition coefficient (Wildman–Crippen LogP) is -4.76. The van der Waals surface area contributed by atoms with Crippen molar-refractivity contribution in [2.45, 2.75) is 19.0 Å². The molecule has 0 saturated carbocycles. The number of carboxylic acid groups (broad SMARTS) is 1. The first-order valence-electron chi connectivity index (χ1n) is 6.87. The van der Waals surface area contributed by atoms with Crippen molar-refractivity contribution >= 4 is 29.6 Å². The fraction of sp³-hybridized carbons (Fsp3) is 0.583. The zero-order chi connectivity index (χ0) is 18.7. The highest BCUT2D eigenvalue weighted by molar-refractivity contribution is 5.92. The second-order valence-electron chi connectivity index (χ2n) is 4.68. The molecule has 0 aliphatic heterocycles. The molecule has 0 fully saturated rings. The van der Waals surface area contributed by atoms with Gasteiger partial charge in [0.15, 0.2) is 0 Å². The summed E-state index contributed by atoms with van der Waals surface area (Å²) >= 11 is 0. The van der Waals surface area contributed by atoms with Gasteiger partial charge < -0.3 is 37.2 Å². The zero-order valence-electron chi connectivity index (χ0n) is 13.0. The summed E-state index contributed by atoms with van der Waals surface area (Å²) in [7, 11) is 0. The van der Waals surface area contributed by atoms with Gasteiger partial charge in [0.25, 0.3) is 0 Å². The zero-order valence-corrected chi connectivity index (χ0v) is 13.0. The monoisotopic (exact) mass is 347 g/mol. The first kappa shape index (κ1) is 21.3.